The Bertz CT molecular complexity index is 2310. The number of nitrogens with two attached hydrogens (primary N) is 1. The number of ether oxygens (including phenoxy) is 4. The molecule has 0 spiro atoms. The summed E-state index contributed by atoms with van der Waals surface area (Å²) in [5.41, 5.74) is 6.31. The number of carbonyl (C=O) groups excluding carboxylic acids is 3. The minimum Gasteiger partial charge on any atom is -0.488 e. The second-order valence-corrected chi connectivity index (χ2v) is 17.6. The number of H-pyrrole nitrogens is 1. The Labute approximate surface area is 345 Å². The fourth-order valence-corrected chi connectivity index (χ4v) is 9.06. The molecule has 4 aliphatic heterocycles. The lowest BCUT2D eigenvalue weighted by molar-refractivity contribution is -0.441. The van der Waals surface area contributed by atoms with Crippen molar-refractivity contribution in [2.45, 2.75) is 91.1 Å². The van der Waals surface area contributed by atoms with Gasteiger partial charge in [0.25, 0.3) is 0 Å². The summed E-state index contributed by atoms with van der Waals surface area (Å²) in [6.45, 7) is 13.9. The van der Waals surface area contributed by atoms with Gasteiger partial charge in [-0.15, -0.1) is 0 Å². The van der Waals surface area contributed by atoms with Gasteiger partial charge >= 0.3 is 12.2 Å². The molecule has 1 aromatic heterocycles. The van der Waals surface area contributed by atoms with Crippen LogP contribution in [-0.2, 0) is 25.6 Å². The van der Waals surface area contributed by atoms with E-state index in [1.807, 2.05) is 45.7 Å². The number of fused-ring (bicyclic) bond motifs is 6. The number of nitrogens with one attached hydrogen (secondary N) is 2. The third kappa shape index (κ3) is 7.87. The molecule has 2 saturated heterocycles. The van der Waals surface area contributed by atoms with Crippen molar-refractivity contribution in [2.24, 2.45) is 22.7 Å². The summed E-state index contributed by atoms with van der Waals surface area (Å²) in [5.74, 6) is 2.65. The number of alkyl carbamates (subject to hydrolysis) is 1. The molecule has 3 amide bonds. The van der Waals surface area contributed by atoms with E-state index in [0.29, 0.717) is 26.3 Å². The van der Waals surface area contributed by atoms with Crippen LogP contribution in [0.2, 0.25) is 0 Å². The molecule has 5 heterocycles. The number of hydrogen-bond donors (Lipinski definition) is 3. The molecule has 14 heteroatoms. The van der Waals surface area contributed by atoms with Crippen LogP contribution in [0.25, 0.3) is 33.2 Å². The Morgan fingerprint density at radius 1 is 1.03 bits per heavy atom. The SMILES string of the molecule is CCC(C)[C@H](NC(=O)OC)C(=O)N1C[C@@H](C)C[C@H]1c1ncc(-c2ccc3c(c2)COc2cc4c5c(ccc4cc2-3)N=C([C@@H]2CC(COC)CN2C(=O)OC(C)(C)C)[NH2+]5)[nH]1. The monoisotopic (exact) mass is 806 g/mol. The molecule has 14 nitrogen and oxygen atoms in total. The average Bonchev–Trinajstić information content (AvgIpc) is 4.03. The average molecular weight is 807 g/mol. The van der Waals surface area contributed by atoms with E-state index in [9.17, 15) is 14.4 Å². The Morgan fingerprint density at radius 2 is 1.85 bits per heavy atom. The number of aromatic nitrogens is 2. The number of likely N-dealkylation sites (tertiary alicyclic amines) is 2. The first-order valence-corrected chi connectivity index (χ1v) is 20.7. The van der Waals surface area contributed by atoms with Crippen molar-refractivity contribution in [3.05, 3.63) is 60.0 Å². The van der Waals surface area contributed by atoms with Gasteiger partial charge in [-0.3, -0.25) is 15.0 Å². The van der Waals surface area contributed by atoms with Gasteiger partial charge in [-0.2, -0.15) is 4.99 Å². The number of nitrogens with zero attached hydrogens (tertiary/aromatic N) is 4. The number of aliphatic imine (C=N–C) groups is 1. The highest BCUT2D eigenvalue weighted by atomic mass is 16.6. The van der Waals surface area contributed by atoms with Crippen molar-refractivity contribution in [1.82, 2.24) is 25.1 Å². The number of aromatic amines is 1. The molecule has 312 valence electrons. The molecule has 2 unspecified atom stereocenters. The fraction of sp³-hybridized carbons (Fsp3) is 0.489. The first-order valence-electron chi connectivity index (χ1n) is 20.7. The lowest BCUT2D eigenvalue weighted by Crippen LogP contribution is -2.84. The van der Waals surface area contributed by atoms with Crippen molar-refractivity contribution in [3.8, 4) is 28.1 Å². The fourth-order valence-electron chi connectivity index (χ4n) is 9.06. The third-order valence-electron chi connectivity index (χ3n) is 12.2. The second-order valence-electron chi connectivity index (χ2n) is 17.6. The standard InChI is InChI=1S/C45H55N7O7/c1-9-25(3)38(50-43(54)57-8)42(53)51-20-24(2)14-35(51)40-46-19-34(48-40)28-10-12-30-29(16-28)23-58-37-18-31-27(17-32(30)37)11-13-33-39(31)49-41(47-33)36-15-26(22-56-7)21-52(36)44(55)59-45(4,5)6/h10-13,16-19,24-26,35-36,38H,9,14-15,20-23H2,1-8H3,(H,46,48)(H,47,49)(H,50,54)/p+1/t24-,25?,26?,35-,36-,38-/m0/s1. The van der Waals surface area contributed by atoms with E-state index in [1.54, 1.807) is 12.0 Å². The zero-order valence-electron chi connectivity index (χ0n) is 35.3. The number of methoxy groups -OCH3 is 2. The van der Waals surface area contributed by atoms with Crippen LogP contribution in [0.3, 0.4) is 0 Å². The van der Waals surface area contributed by atoms with E-state index in [1.165, 1.54) is 7.11 Å². The van der Waals surface area contributed by atoms with Gasteiger partial charge in [-0.25, -0.2) is 14.6 Å². The number of hydrogen-bond acceptors (Lipinski definition) is 9. The molecule has 59 heavy (non-hydrogen) atoms. The number of benzene rings is 3. The molecule has 2 fully saturated rings. The van der Waals surface area contributed by atoms with Gasteiger partial charge in [0, 0.05) is 37.1 Å². The molecule has 4 aromatic rings. The molecule has 0 bridgehead atoms. The van der Waals surface area contributed by atoms with Crippen molar-refractivity contribution >= 4 is 46.1 Å². The molecule has 3 aromatic carbocycles. The third-order valence-corrected chi connectivity index (χ3v) is 12.2. The Hall–Kier alpha value is -5.47. The van der Waals surface area contributed by atoms with Crippen LogP contribution in [-0.4, -0.2) is 95.3 Å². The zero-order valence-corrected chi connectivity index (χ0v) is 35.3. The molecule has 0 aliphatic carbocycles. The van der Waals surface area contributed by atoms with Gasteiger partial charge in [0.2, 0.25) is 11.7 Å². The van der Waals surface area contributed by atoms with E-state index >= 15 is 0 Å². The smallest absolute Gasteiger partial charge is 0.411 e. The largest absolute Gasteiger partial charge is 0.488 e. The number of amides is 3. The molecular weight excluding hydrogens is 751 g/mol. The summed E-state index contributed by atoms with van der Waals surface area (Å²) >= 11 is 0. The molecule has 0 saturated carbocycles. The normalized spacial score (nSPS) is 21.9. The topological polar surface area (TPSA) is 164 Å². The molecular formula is C45H56N7O7+. The second kappa shape index (κ2) is 15.9. The van der Waals surface area contributed by atoms with Gasteiger partial charge in [0.05, 0.1) is 31.6 Å². The maximum atomic E-state index is 13.9. The highest BCUT2D eigenvalue weighted by molar-refractivity contribution is 6.04. The molecule has 4 aliphatic rings. The predicted molar refractivity (Wildman–Crippen MR) is 224 cm³/mol. The van der Waals surface area contributed by atoms with Crippen LogP contribution in [0.1, 0.15) is 78.2 Å². The molecule has 4 N–H and O–H groups in total. The number of quaternary nitrogens is 1. The summed E-state index contributed by atoms with van der Waals surface area (Å²) in [4.78, 5) is 56.5. The minimum absolute atomic E-state index is 0.0673. The van der Waals surface area contributed by atoms with E-state index in [4.69, 9.17) is 28.9 Å². The predicted octanol–water partition coefficient (Wildman–Crippen LogP) is 6.98. The van der Waals surface area contributed by atoms with E-state index < -0.39 is 17.7 Å². The van der Waals surface area contributed by atoms with Crippen LogP contribution in [0.5, 0.6) is 5.75 Å². The highest BCUT2D eigenvalue weighted by Crippen LogP contribution is 2.45. The van der Waals surface area contributed by atoms with Crippen LogP contribution >= 0.6 is 0 Å². The Balaban J connectivity index is 1.02. The Morgan fingerprint density at radius 3 is 2.59 bits per heavy atom. The van der Waals surface area contributed by atoms with Crippen molar-refractivity contribution in [1.29, 1.82) is 0 Å². The van der Waals surface area contributed by atoms with Crippen molar-refractivity contribution < 1.29 is 38.6 Å². The van der Waals surface area contributed by atoms with E-state index in [2.05, 4.69) is 65.0 Å². The summed E-state index contributed by atoms with van der Waals surface area (Å²) in [6, 6.07) is 13.7. The van der Waals surface area contributed by atoms with E-state index in [-0.39, 0.29) is 41.8 Å². The maximum absolute atomic E-state index is 13.9. The first-order chi connectivity index (χ1) is 28.2. The van der Waals surface area contributed by atoms with Crippen LogP contribution in [0.15, 0.2) is 53.7 Å². The maximum Gasteiger partial charge on any atom is 0.411 e. The molecule has 0 radical (unpaired) electrons. The van der Waals surface area contributed by atoms with Crippen molar-refractivity contribution in [2.75, 3.05) is 33.9 Å². The van der Waals surface area contributed by atoms with Gasteiger partial charge in [-0.05, 0) is 91.8 Å². The lowest BCUT2D eigenvalue weighted by atomic mass is 9.92. The first kappa shape index (κ1) is 40.3. The molecule has 8 rings (SSSR count). The van der Waals surface area contributed by atoms with Crippen LogP contribution in [0, 0.1) is 17.8 Å². The zero-order chi connectivity index (χ0) is 41.7. The quantitative estimate of drug-likeness (QED) is 0.153. The van der Waals surface area contributed by atoms with Gasteiger partial charge in [-0.1, -0.05) is 45.4 Å². The summed E-state index contributed by atoms with van der Waals surface area (Å²) < 4.78 is 22.6. The Kier molecular flexibility index (Phi) is 10.9. The van der Waals surface area contributed by atoms with Gasteiger partial charge in [0.15, 0.2) is 5.69 Å². The lowest BCUT2D eigenvalue weighted by Gasteiger charge is -2.30. The number of rotatable bonds is 9. The minimum atomic E-state index is -0.691. The summed E-state index contributed by atoms with van der Waals surface area (Å²) in [7, 11) is 3.00. The number of amidine groups is 1. The van der Waals surface area contributed by atoms with Crippen molar-refractivity contribution in [3.63, 3.8) is 0 Å². The molecule has 6 atom stereocenters. The summed E-state index contributed by atoms with van der Waals surface area (Å²) in [5, 5.41) is 7.01. The number of imidazole rings is 1. The van der Waals surface area contributed by atoms with E-state index in [0.717, 1.165) is 86.8 Å². The van der Waals surface area contributed by atoms with Gasteiger partial charge in [0.1, 0.15) is 41.6 Å². The highest BCUT2D eigenvalue weighted by Gasteiger charge is 2.45. The number of carbonyl (C=O) groups is 3. The summed E-state index contributed by atoms with van der Waals surface area (Å²) in [6.07, 6.45) is 3.12. The van der Waals surface area contributed by atoms with Crippen LogP contribution in [0.4, 0.5) is 21.0 Å². The van der Waals surface area contributed by atoms with Gasteiger partial charge < -0.3 is 34.1 Å². The van der Waals surface area contributed by atoms with Crippen LogP contribution < -0.4 is 15.4 Å².